The highest BCUT2D eigenvalue weighted by Crippen LogP contribution is 2.53. The first-order valence-electron chi connectivity index (χ1n) is 10.3. The number of nitrogens with zero attached hydrogens (tertiary/aromatic N) is 2. The maximum atomic E-state index is 13.5. The maximum absolute atomic E-state index is 13.5. The number of amides is 1. The van der Waals surface area contributed by atoms with Gasteiger partial charge in [-0.05, 0) is 44.9 Å². The van der Waals surface area contributed by atoms with Gasteiger partial charge in [0.15, 0.2) is 0 Å². The van der Waals surface area contributed by atoms with Gasteiger partial charge in [0, 0.05) is 46.6 Å². The number of aryl methyl sites for hydroxylation is 2. The number of benzene rings is 2. The van der Waals surface area contributed by atoms with Crippen molar-refractivity contribution in [3.63, 3.8) is 0 Å². The predicted octanol–water partition coefficient (Wildman–Crippen LogP) is 6.04. The Labute approximate surface area is 171 Å². The fraction of sp³-hybridized carbons (Fsp3) is 0.375. The largest absolute Gasteiger partial charge is 0.342 e. The number of hydrogen-bond donors (Lipinski definition) is 0. The fourth-order valence-corrected chi connectivity index (χ4v) is 5.73. The first-order chi connectivity index (χ1) is 13.6. The Hall–Kier alpha value is -2.20. The molecule has 0 radical (unpaired) electrons. The van der Waals surface area contributed by atoms with Crippen LogP contribution in [-0.2, 0) is 11.3 Å². The fourth-order valence-electron chi connectivity index (χ4n) is 4.33. The minimum atomic E-state index is -0.188. The number of fused-ring (bicyclic) bond motifs is 5. The van der Waals surface area contributed by atoms with Crippen LogP contribution in [-0.4, -0.2) is 28.5 Å². The average molecular weight is 393 g/mol. The Bertz CT molecular complexity index is 1030. The number of carbonyl (C=O) groups excluding carboxylic acids is 1. The lowest BCUT2D eigenvalue weighted by Crippen LogP contribution is -2.34. The molecule has 0 saturated heterocycles. The molecule has 0 N–H and O–H groups in total. The molecule has 1 atom stereocenters. The van der Waals surface area contributed by atoms with E-state index in [0.717, 1.165) is 26.1 Å². The zero-order valence-electron chi connectivity index (χ0n) is 17.2. The number of rotatable bonds is 5. The van der Waals surface area contributed by atoms with Crippen molar-refractivity contribution in [2.45, 2.75) is 50.8 Å². The van der Waals surface area contributed by atoms with Crippen molar-refractivity contribution in [1.82, 2.24) is 9.47 Å². The van der Waals surface area contributed by atoms with E-state index >= 15 is 0 Å². The van der Waals surface area contributed by atoms with Crippen LogP contribution >= 0.6 is 11.8 Å². The summed E-state index contributed by atoms with van der Waals surface area (Å²) in [5, 5.41) is 1.03. The van der Waals surface area contributed by atoms with Gasteiger partial charge < -0.3 is 9.47 Å². The number of thioether (sulfide) groups is 1. The summed E-state index contributed by atoms with van der Waals surface area (Å²) in [5.74, 6) is 0.225. The Morgan fingerprint density at radius 3 is 2.57 bits per heavy atom. The Morgan fingerprint density at radius 1 is 1.11 bits per heavy atom. The second-order valence-corrected chi connectivity index (χ2v) is 8.59. The van der Waals surface area contributed by atoms with Crippen LogP contribution in [0.4, 0.5) is 0 Å². The highest BCUT2D eigenvalue weighted by Gasteiger charge is 2.37. The minimum absolute atomic E-state index is 0.188. The topological polar surface area (TPSA) is 25.2 Å². The summed E-state index contributed by atoms with van der Waals surface area (Å²) in [4.78, 5) is 16.7. The van der Waals surface area contributed by atoms with Gasteiger partial charge in [-0.1, -0.05) is 37.3 Å². The van der Waals surface area contributed by atoms with E-state index < -0.39 is 0 Å². The summed E-state index contributed by atoms with van der Waals surface area (Å²) in [6.07, 6.45) is 1.06. The van der Waals surface area contributed by atoms with Crippen LogP contribution in [0.1, 0.15) is 43.6 Å². The van der Waals surface area contributed by atoms with Crippen LogP contribution in [0.5, 0.6) is 0 Å². The van der Waals surface area contributed by atoms with Gasteiger partial charge in [0.1, 0.15) is 5.25 Å². The number of hydrogen-bond acceptors (Lipinski definition) is 2. The number of carbonyl (C=O) groups is 1. The van der Waals surface area contributed by atoms with Gasteiger partial charge in [0.05, 0.1) is 5.69 Å². The number of aromatic nitrogens is 1. The van der Waals surface area contributed by atoms with Crippen molar-refractivity contribution in [1.29, 1.82) is 0 Å². The molecule has 1 aliphatic rings. The summed E-state index contributed by atoms with van der Waals surface area (Å²) in [7, 11) is 0. The molecular weight excluding hydrogens is 364 g/mol. The first kappa shape index (κ1) is 19.1. The average Bonchev–Trinajstić information content (AvgIpc) is 3.03. The van der Waals surface area contributed by atoms with Crippen molar-refractivity contribution in [2.75, 3.05) is 13.1 Å². The minimum Gasteiger partial charge on any atom is -0.342 e. The van der Waals surface area contributed by atoms with Crippen LogP contribution in [0.15, 0.2) is 47.4 Å². The zero-order valence-corrected chi connectivity index (χ0v) is 18.0. The molecule has 1 aromatic heterocycles. The molecule has 0 fully saturated rings. The molecule has 146 valence electrons. The second kappa shape index (κ2) is 7.67. The van der Waals surface area contributed by atoms with Gasteiger partial charge >= 0.3 is 0 Å². The molecule has 2 heterocycles. The van der Waals surface area contributed by atoms with E-state index in [9.17, 15) is 4.79 Å². The van der Waals surface area contributed by atoms with E-state index in [0.29, 0.717) is 0 Å². The summed E-state index contributed by atoms with van der Waals surface area (Å²) >= 11 is 1.72. The Kier molecular flexibility index (Phi) is 5.24. The summed E-state index contributed by atoms with van der Waals surface area (Å²) < 4.78 is 2.43. The summed E-state index contributed by atoms with van der Waals surface area (Å²) in [6, 6.07) is 15.2. The molecular formula is C24H28N2OS. The maximum Gasteiger partial charge on any atom is 0.240 e. The normalized spacial score (nSPS) is 15.4. The molecule has 1 unspecified atom stereocenters. The van der Waals surface area contributed by atoms with E-state index in [-0.39, 0.29) is 11.2 Å². The third-order valence-corrected chi connectivity index (χ3v) is 6.92. The van der Waals surface area contributed by atoms with Crippen LogP contribution in [0.2, 0.25) is 0 Å². The van der Waals surface area contributed by atoms with E-state index in [2.05, 4.69) is 74.7 Å². The lowest BCUT2D eigenvalue weighted by atomic mass is 9.99. The van der Waals surface area contributed by atoms with Crippen molar-refractivity contribution in [3.8, 4) is 11.3 Å². The lowest BCUT2D eigenvalue weighted by Gasteiger charge is -2.30. The molecule has 4 heteroatoms. The smallest absolute Gasteiger partial charge is 0.240 e. The van der Waals surface area contributed by atoms with Crippen molar-refractivity contribution in [2.24, 2.45) is 0 Å². The van der Waals surface area contributed by atoms with E-state index in [1.54, 1.807) is 11.8 Å². The molecule has 2 aromatic carbocycles. The highest BCUT2D eigenvalue weighted by molar-refractivity contribution is 8.00. The predicted molar refractivity (Wildman–Crippen MR) is 119 cm³/mol. The number of para-hydroxylation sites is 1. The molecule has 1 amide bonds. The van der Waals surface area contributed by atoms with Crippen LogP contribution < -0.4 is 0 Å². The third kappa shape index (κ3) is 2.95. The highest BCUT2D eigenvalue weighted by atomic mass is 32.2. The van der Waals surface area contributed by atoms with E-state index in [1.807, 2.05) is 4.90 Å². The van der Waals surface area contributed by atoms with E-state index in [1.165, 1.54) is 38.2 Å². The van der Waals surface area contributed by atoms with Gasteiger partial charge in [0.2, 0.25) is 5.91 Å². The standard InChI is InChI=1S/C24H28N2OS/c1-5-14-26-19-11-9-8-10-17(19)21-22(26)18-13-12-16(4)15-20(18)28-23(21)24(27)25(6-2)7-3/h8-13,15,23H,5-7,14H2,1-4H3. The second-order valence-electron chi connectivity index (χ2n) is 7.44. The van der Waals surface area contributed by atoms with Gasteiger partial charge in [0.25, 0.3) is 0 Å². The lowest BCUT2D eigenvalue weighted by molar-refractivity contribution is -0.130. The Morgan fingerprint density at radius 2 is 1.86 bits per heavy atom. The van der Waals surface area contributed by atoms with Crippen molar-refractivity contribution < 1.29 is 4.79 Å². The molecule has 3 aromatic rings. The third-order valence-electron chi connectivity index (χ3n) is 5.66. The molecule has 0 aliphatic carbocycles. The Balaban J connectivity index is 2.03. The summed E-state index contributed by atoms with van der Waals surface area (Å²) in [6.45, 7) is 10.9. The van der Waals surface area contributed by atoms with Crippen molar-refractivity contribution >= 4 is 28.6 Å². The summed E-state index contributed by atoms with van der Waals surface area (Å²) in [5.41, 5.74) is 6.17. The van der Waals surface area contributed by atoms with Crippen molar-refractivity contribution in [3.05, 3.63) is 53.6 Å². The SMILES string of the molecule is CCCn1c2c(c3ccccc31)C(C(=O)N(CC)CC)Sc1cc(C)ccc1-2. The zero-order chi connectivity index (χ0) is 19.8. The first-order valence-corrected chi connectivity index (χ1v) is 11.2. The van der Waals surface area contributed by atoms with Gasteiger partial charge in [-0.25, -0.2) is 0 Å². The van der Waals surface area contributed by atoms with Crippen LogP contribution in [0.3, 0.4) is 0 Å². The molecule has 1 aliphatic heterocycles. The van der Waals surface area contributed by atoms with Gasteiger partial charge in [-0.3, -0.25) is 4.79 Å². The monoisotopic (exact) mass is 392 g/mol. The quantitative estimate of drug-likeness (QED) is 0.529. The molecule has 0 bridgehead atoms. The number of likely N-dealkylation sites (N-methyl/N-ethyl adjacent to an activating group) is 1. The molecule has 0 saturated carbocycles. The van der Waals surface area contributed by atoms with Crippen LogP contribution in [0.25, 0.3) is 22.2 Å². The molecule has 4 rings (SSSR count). The molecule has 3 nitrogen and oxygen atoms in total. The van der Waals surface area contributed by atoms with E-state index in [4.69, 9.17) is 0 Å². The van der Waals surface area contributed by atoms with Crippen LogP contribution in [0, 0.1) is 6.92 Å². The van der Waals surface area contributed by atoms with Gasteiger partial charge in [-0.15, -0.1) is 11.8 Å². The van der Waals surface area contributed by atoms with Gasteiger partial charge in [-0.2, -0.15) is 0 Å². The molecule has 28 heavy (non-hydrogen) atoms. The molecule has 0 spiro atoms.